The van der Waals surface area contributed by atoms with Crippen molar-refractivity contribution in [1.29, 1.82) is 0 Å². The zero-order chi connectivity index (χ0) is 25.0. The van der Waals surface area contributed by atoms with E-state index in [0.717, 1.165) is 5.56 Å². The molecular formula is C25H23N5O6. The van der Waals surface area contributed by atoms with E-state index in [1.807, 2.05) is 30.3 Å². The quantitative estimate of drug-likeness (QED) is 0.492. The van der Waals surface area contributed by atoms with E-state index in [2.05, 4.69) is 15.5 Å². The first-order chi connectivity index (χ1) is 17.5. The highest BCUT2D eigenvalue weighted by atomic mass is 16.5. The molecule has 11 nitrogen and oxygen atoms in total. The molecule has 0 unspecified atom stereocenters. The van der Waals surface area contributed by atoms with E-state index in [-0.39, 0.29) is 12.5 Å². The average molecular weight is 489 g/mol. The maximum absolute atomic E-state index is 13.9. The molecule has 1 amide bonds. The number of carboxylic acid groups (broad SMARTS) is 1. The van der Waals surface area contributed by atoms with Crippen LogP contribution in [0.15, 0.2) is 60.7 Å². The molecule has 0 saturated carbocycles. The van der Waals surface area contributed by atoms with Gasteiger partial charge in [-0.2, -0.15) is 4.68 Å². The molecule has 1 N–H and O–H groups in total. The van der Waals surface area contributed by atoms with Crippen molar-refractivity contribution < 1.29 is 28.9 Å². The lowest BCUT2D eigenvalue weighted by Gasteiger charge is -2.29. The SMILES string of the molecule is COc1ccc([C@H](c2nnnn2-c2ccc(OC)cc2)N2C[C@]34C=C[C@@H](O3)[C@H](C(=O)O)[C@@H]4C2=O)cc1. The second-order valence-electron chi connectivity index (χ2n) is 9.03. The van der Waals surface area contributed by atoms with Crippen molar-refractivity contribution in [2.75, 3.05) is 20.8 Å². The largest absolute Gasteiger partial charge is 0.497 e. The number of fused-ring (bicyclic) bond motifs is 1. The second-order valence-corrected chi connectivity index (χ2v) is 9.03. The first-order valence-electron chi connectivity index (χ1n) is 11.4. The van der Waals surface area contributed by atoms with Crippen LogP contribution in [0, 0.1) is 11.8 Å². The summed E-state index contributed by atoms with van der Waals surface area (Å²) in [4.78, 5) is 27.6. The molecule has 6 rings (SSSR count). The molecule has 3 aliphatic rings. The van der Waals surface area contributed by atoms with E-state index in [0.29, 0.717) is 23.0 Å². The standard InChI is InChI=1S/C25H23N5O6/c1-34-16-7-3-14(4-8-16)21(22-26-27-28-30(22)15-5-9-17(35-2)10-6-15)29-13-25-12-11-18(36-25)19(24(32)33)20(25)23(29)31/h3-12,18-21H,13H2,1-2H3,(H,32,33)/t18-,19+,20-,21-,25+/m1/s1. The number of likely N-dealkylation sites (tertiary alicyclic amines) is 1. The van der Waals surface area contributed by atoms with Crippen molar-refractivity contribution in [3.63, 3.8) is 0 Å². The smallest absolute Gasteiger partial charge is 0.310 e. The Morgan fingerprint density at radius 2 is 1.78 bits per heavy atom. The van der Waals surface area contributed by atoms with Crippen molar-refractivity contribution in [1.82, 2.24) is 25.1 Å². The Kier molecular flexibility index (Phi) is 5.04. The van der Waals surface area contributed by atoms with Gasteiger partial charge in [0.2, 0.25) is 5.91 Å². The number of hydrogen-bond donors (Lipinski definition) is 1. The summed E-state index contributed by atoms with van der Waals surface area (Å²) in [7, 11) is 3.16. The van der Waals surface area contributed by atoms with Crippen molar-refractivity contribution in [2.24, 2.45) is 11.8 Å². The molecule has 2 aromatic carbocycles. The van der Waals surface area contributed by atoms with Crippen molar-refractivity contribution in [2.45, 2.75) is 17.7 Å². The number of rotatable bonds is 7. The first kappa shape index (κ1) is 22.2. The van der Waals surface area contributed by atoms with E-state index >= 15 is 0 Å². The van der Waals surface area contributed by atoms with Gasteiger partial charge in [0.15, 0.2) is 5.82 Å². The number of carbonyl (C=O) groups is 2. The topological polar surface area (TPSA) is 129 Å². The van der Waals surface area contributed by atoms with Crippen LogP contribution in [0.1, 0.15) is 17.4 Å². The van der Waals surface area contributed by atoms with Gasteiger partial charge in [-0.15, -0.1) is 5.10 Å². The summed E-state index contributed by atoms with van der Waals surface area (Å²) >= 11 is 0. The molecule has 0 radical (unpaired) electrons. The van der Waals surface area contributed by atoms with Gasteiger partial charge in [0, 0.05) is 0 Å². The molecule has 2 fully saturated rings. The summed E-state index contributed by atoms with van der Waals surface area (Å²) < 4.78 is 18.2. The molecular weight excluding hydrogens is 466 g/mol. The average Bonchev–Trinajstić information content (AvgIpc) is 3.67. The van der Waals surface area contributed by atoms with Crippen molar-refractivity contribution >= 4 is 11.9 Å². The summed E-state index contributed by atoms with van der Waals surface area (Å²) in [5.41, 5.74) is 0.434. The third kappa shape index (κ3) is 3.19. The zero-order valence-electron chi connectivity index (χ0n) is 19.5. The number of nitrogens with zero attached hydrogens (tertiary/aromatic N) is 5. The summed E-state index contributed by atoms with van der Waals surface area (Å²) in [6, 6.07) is 13.8. The number of ether oxygens (including phenoxy) is 3. The zero-order valence-corrected chi connectivity index (χ0v) is 19.5. The Bertz CT molecular complexity index is 1350. The highest BCUT2D eigenvalue weighted by Gasteiger charge is 2.68. The van der Waals surface area contributed by atoms with Crippen LogP contribution in [-0.2, 0) is 14.3 Å². The number of tetrazole rings is 1. The maximum Gasteiger partial charge on any atom is 0.310 e. The number of aliphatic carboxylic acids is 1. The fraction of sp³-hybridized carbons (Fsp3) is 0.320. The summed E-state index contributed by atoms with van der Waals surface area (Å²) in [5.74, 6) is -1.37. The van der Waals surface area contributed by atoms with E-state index in [9.17, 15) is 14.7 Å². The number of carbonyl (C=O) groups excluding carboxylic acids is 1. The molecule has 0 aliphatic carbocycles. The maximum atomic E-state index is 13.9. The predicted molar refractivity (Wildman–Crippen MR) is 124 cm³/mol. The summed E-state index contributed by atoms with van der Waals surface area (Å²) in [5, 5.41) is 22.3. The number of amides is 1. The lowest BCUT2D eigenvalue weighted by molar-refractivity contribution is -0.148. The van der Waals surface area contributed by atoms with E-state index in [1.54, 1.807) is 54.1 Å². The van der Waals surface area contributed by atoms with Crippen LogP contribution < -0.4 is 9.47 Å². The van der Waals surface area contributed by atoms with E-state index < -0.39 is 35.6 Å². The normalized spacial score (nSPS) is 26.8. The molecule has 1 spiro atoms. The molecule has 36 heavy (non-hydrogen) atoms. The number of aromatic nitrogens is 4. The van der Waals surface area contributed by atoms with Crippen LogP contribution in [-0.4, -0.2) is 74.6 Å². The van der Waals surface area contributed by atoms with Gasteiger partial charge in [-0.1, -0.05) is 24.3 Å². The minimum atomic E-state index is -1.05. The van der Waals surface area contributed by atoms with Crippen LogP contribution >= 0.6 is 0 Å². The lowest BCUT2D eigenvalue weighted by Crippen LogP contribution is -2.39. The summed E-state index contributed by atoms with van der Waals surface area (Å²) in [6.07, 6.45) is 2.97. The van der Waals surface area contributed by atoms with Gasteiger partial charge in [-0.25, -0.2) is 0 Å². The summed E-state index contributed by atoms with van der Waals surface area (Å²) in [6.45, 7) is 0.180. The first-order valence-corrected chi connectivity index (χ1v) is 11.4. The third-order valence-electron chi connectivity index (χ3n) is 7.21. The number of carboxylic acids is 1. The molecule has 5 atom stereocenters. The Hall–Kier alpha value is -4.25. The lowest BCUT2D eigenvalue weighted by atomic mass is 9.77. The fourth-order valence-electron chi connectivity index (χ4n) is 5.56. The van der Waals surface area contributed by atoms with Gasteiger partial charge in [0.25, 0.3) is 0 Å². The Balaban J connectivity index is 1.46. The Morgan fingerprint density at radius 1 is 1.11 bits per heavy atom. The molecule has 3 aromatic rings. The monoisotopic (exact) mass is 489 g/mol. The van der Waals surface area contributed by atoms with Crippen LogP contribution in [0.3, 0.4) is 0 Å². The van der Waals surface area contributed by atoms with Gasteiger partial charge in [-0.3, -0.25) is 9.59 Å². The van der Waals surface area contributed by atoms with E-state index in [4.69, 9.17) is 14.2 Å². The van der Waals surface area contributed by atoms with Gasteiger partial charge in [0.05, 0.1) is 38.5 Å². The molecule has 4 heterocycles. The van der Waals surface area contributed by atoms with Crippen LogP contribution in [0.4, 0.5) is 0 Å². The Labute approximate surface area is 205 Å². The molecule has 2 bridgehead atoms. The number of benzene rings is 2. The van der Waals surface area contributed by atoms with Gasteiger partial charge >= 0.3 is 5.97 Å². The van der Waals surface area contributed by atoms with Gasteiger partial charge in [0.1, 0.15) is 29.1 Å². The molecule has 11 heteroatoms. The van der Waals surface area contributed by atoms with Crippen LogP contribution in [0.25, 0.3) is 5.69 Å². The second kappa shape index (κ2) is 8.16. The van der Waals surface area contributed by atoms with Crippen LogP contribution in [0.2, 0.25) is 0 Å². The van der Waals surface area contributed by atoms with Gasteiger partial charge in [-0.05, 0) is 52.4 Å². The number of methoxy groups -OCH3 is 2. The number of hydrogen-bond acceptors (Lipinski definition) is 8. The van der Waals surface area contributed by atoms with E-state index in [1.165, 1.54) is 0 Å². The molecule has 184 valence electrons. The molecule has 2 saturated heterocycles. The molecule has 3 aliphatic heterocycles. The highest BCUT2D eigenvalue weighted by molar-refractivity contribution is 5.91. The predicted octanol–water partition coefficient (Wildman–Crippen LogP) is 1.64. The third-order valence-corrected chi connectivity index (χ3v) is 7.21. The van der Waals surface area contributed by atoms with Crippen molar-refractivity contribution in [3.8, 4) is 17.2 Å². The van der Waals surface area contributed by atoms with Crippen molar-refractivity contribution in [3.05, 3.63) is 72.1 Å². The minimum absolute atomic E-state index is 0.180. The molecule has 1 aromatic heterocycles. The minimum Gasteiger partial charge on any atom is -0.497 e. The Morgan fingerprint density at radius 3 is 2.42 bits per heavy atom. The van der Waals surface area contributed by atoms with Gasteiger partial charge < -0.3 is 24.2 Å². The fourth-order valence-corrected chi connectivity index (χ4v) is 5.56. The van der Waals surface area contributed by atoms with Crippen LogP contribution in [0.5, 0.6) is 11.5 Å². The highest BCUT2D eigenvalue weighted by Crippen LogP contribution is 2.53.